The Morgan fingerprint density at radius 2 is 1.44 bits per heavy atom. The molecule has 0 radical (unpaired) electrons. The zero-order valence-corrected chi connectivity index (χ0v) is 9.73. The predicted octanol–water partition coefficient (Wildman–Crippen LogP) is 4.49. The van der Waals surface area contributed by atoms with Crippen molar-refractivity contribution in [3.8, 4) is 22.4 Å². The van der Waals surface area contributed by atoms with E-state index < -0.39 is 0 Å². The van der Waals surface area contributed by atoms with Crippen LogP contribution in [0.15, 0.2) is 66.9 Å². The van der Waals surface area contributed by atoms with Crippen molar-refractivity contribution in [2.75, 3.05) is 0 Å². The molecule has 1 heterocycles. The number of nitrogens with one attached hydrogen (secondary N) is 1. The van der Waals surface area contributed by atoms with Crippen molar-refractivity contribution in [2.45, 2.75) is 0 Å². The SMILES string of the molecule is Fc1ccc(-c2cc(-c3ccccc3)c[nH]2)cc1. The van der Waals surface area contributed by atoms with Crippen LogP contribution < -0.4 is 0 Å². The minimum Gasteiger partial charge on any atom is -0.361 e. The van der Waals surface area contributed by atoms with Crippen LogP contribution >= 0.6 is 0 Å². The van der Waals surface area contributed by atoms with E-state index in [1.165, 1.54) is 17.7 Å². The highest BCUT2D eigenvalue weighted by Gasteiger charge is 2.03. The van der Waals surface area contributed by atoms with Gasteiger partial charge in [0.15, 0.2) is 0 Å². The highest BCUT2D eigenvalue weighted by atomic mass is 19.1. The first-order valence-corrected chi connectivity index (χ1v) is 5.83. The van der Waals surface area contributed by atoms with E-state index in [0.29, 0.717) is 0 Å². The fourth-order valence-corrected chi connectivity index (χ4v) is 1.99. The molecule has 0 aliphatic rings. The van der Waals surface area contributed by atoms with Crippen LogP contribution in [0.1, 0.15) is 0 Å². The van der Waals surface area contributed by atoms with Crippen LogP contribution in [0.5, 0.6) is 0 Å². The van der Waals surface area contributed by atoms with Gasteiger partial charge in [0.1, 0.15) is 5.82 Å². The summed E-state index contributed by atoms with van der Waals surface area (Å²) in [5.74, 6) is -0.214. The monoisotopic (exact) mass is 237 g/mol. The second kappa shape index (κ2) is 4.49. The van der Waals surface area contributed by atoms with Gasteiger partial charge in [-0.05, 0) is 47.0 Å². The third kappa shape index (κ3) is 2.05. The van der Waals surface area contributed by atoms with Crippen LogP contribution in [-0.2, 0) is 0 Å². The summed E-state index contributed by atoms with van der Waals surface area (Å²) in [7, 11) is 0. The molecule has 2 heteroatoms. The van der Waals surface area contributed by atoms with Gasteiger partial charge in [0.2, 0.25) is 0 Å². The van der Waals surface area contributed by atoms with Gasteiger partial charge in [0.05, 0.1) is 0 Å². The quantitative estimate of drug-likeness (QED) is 0.676. The van der Waals surface area contributed by atoms with Crippen molar-refractivity contribution in [2.24, 2.45) is 0 Å². The molecule has 0 saturated heterocycles. The van der Waals surface area contributed by atoms with E-state index in [4.69, 9.17) is 0 Å². The van der Waals surface area contributed by atoms with Crippen molar-refractivity contribution in [3.63, 3.8) is 0 Å². The average Bonchev–Trinajstić information content (AvgIpc) is 2.90. The van der Waals surface area contributed by atoms with Gasteiger partial charge in [-0.3, -0.25) is 0 Å². The Morgan fingerprint density at radius 1 is 0.722 bits per heavy atom. The lowest BCUT2D eigenvalue weighted by Crippen LogP contribution is -1.77. The highest BCUT2D eigenvalue weighted by molar-refractivity contribution is 5.71. The van der Waals surface area contributed by atoms with Crippen LogP contribution in [0, 0.1) is 5.82 Å². The van der Waals surface area contributed by atoms with Crippen LogP contribution in [0.25, 0.3) is 22.4 Å². The minimum atomic E-state index is -0.214. The number of aromatic amines is 1. The third-order valence-electron chi connectivity index (χ3n) is 2.95. The van der Waals surface area contributed by atoms with E-state index in [1.54, 1.807) is 12.1 Å². The number of aromatic nitrogens is 1. The standard InChI is InChI=1S/C16H12FN/c17-15-8-6-13(7-9-15)16-10-14(11-18-16)12-4-2-1-3-5-12/h1-11,18H. The summed E-state index contributed by atoms with van der Waals surface area (Å²) in [5, 5.41) is 0. The number of hydrogen-bond donors (Lipinski definition) is 1. The molecule has 1 N–H and O–H groups in total. The summed E-state index contributed by atoms with van der Waals surface area (Å²) in [6, 6.07) is 18.7. The molecule has 0 aliphatic heterocycles. The van der Waals surface area contributed by atoms with Crippen LogP contribution in [0.4, 0.5) is 4.39 Å². The predicted molar refractivity (Wildman–Crippen MR) is 71.6 cm³/mol. The topological polar surface area (TPSA) is 15.8 Å². The molecular weight excluding hydrogens is 225 g/mol. The van der Waals surface area contributed by atoms with E-state index in [2.05, 4.69) is 23.2 Å². The number of hydrogen-bond acceptors (Lipinski definition) is 0. The second-order valence-electron chi connectivity index (χ2n) is 4.17. The molecule has 3 rings (SSSR count). The highest BCUT2D eigenvalue weighted by Crippen LogP contribution is 2.25. The zero-order valence-electron chi connectivity index (χ0n) is 9.73. The van der Waals surface area contributed by atoms with E-state index in [1.807, 2.05) is 24.4 Å². The molecule has 0 spiro atoms. The summed E-state index contributed by atoms with van der Waals surface area (Å²) < 4.78 is 12.9. The maximum absolute atomic E-state index is 12.9. The maximum Gasteiger partial charge on any atom is 0.123 e. The van der Waals surface area contributed by atoms with Crippen molar-refractivity contribution in [3.05, 3.63) is 72.7 Å². The molecule has 3 aromatic rings. The van der Waals surface area contributed by atoms with Gasteiger partial charge >= 0.3 is 0 Å². The average molecular weight is 237 g/mol. The molecule has 0 saturated carbocycles. The lowest BCUT2D eigenvalue weighted by Gasteiger charge is -1.97. The summed E-state index contributed by atoms with van der Waals surface area (Å²) in [6.07, 6.45) is 1.97. The number of benzene rings is 2. The summed E-state index contributed by atoms with van der Waals surface area (Å²) in [4.78, 5) is 3.22. The molecule has 0 unspecified atom stereocenters. The van der Waals surface area contributed by atoms with E-state index >= 15 is 0 Å². The van der Waals surface area contributed by atoms with Crippen molar-refractivity contribution < 1.29 is 4.39 Å². The first kappa shape index (κ1) is 10.8. The summed E-state index contributed by atoms with van der Waals surface area (Å²) in [5.41, 5.74) is 4.28. The molecule has 0 aliphatic carbocycles. The molecule has 18 heavy (non-hydrogen) atoms. The molecule has 1 aromatic heterocycles. The first-order valence-electron chi connectivity index (χ1n) is 5.83. The minimum absolute atomic E-state index is 0.214. The lowest BCUT2D eigenvalue weighted by molar-refractivity contribution is 0.628. The Kier molecular flexibility index (Phi) is 2.69. The van der Waals surface area contributed by atoms with E-state index in [9.17, 15) is 4.39 Å². The number of halogens is 1. The third-order valence-corrected chi connectivity index (χ3v) is 2.95. The van der Waals surface area contributed by atoms with Crippen LogP contribution in [0.2, 0.25) is 0 Å². The van der Waals surface area contributed by atoms with Gasteiger partial charge in [-0.15, -0.1) is 0 Å². The van der Waals surface area contributed by atoms with Gasteiger partial charge in [-0.1, -0.05) is 30.3 Å². The van der Waals surface area contributed by atoms with Crippen molar-refractivity contribution in [1.82, 2.24) is 4.98 Å². The number of rotatable bonds is 2. The Hall–Kier alpha value is -2.35. The fraction of sp³-hybridized carbons (Fsp3) is 0. The second-order valence-corrected chi connectivity index (χ2v) is 4.17. The van der Waals surface area contributed by atoms with Crippen molar-refractivity contribution in [1.29, 1.82) is 0 Å². The van der Waals surface area contributed by atoms with Gasteiger partial charge in [-0.2, -0.15) is 0 Å². The molecule has 0 amide bonds. The Labute approximate surface area is 105 Å². The first-order chi connectivity index (χ1) is 8.83. The molecule has 2 aromatic carbocycles. The largest absolute Gasteiger partial charge is 0.361 e. The van der Waals surface area contributed by atoms with Gasteiger partial charge in [-0.25, -0.2) is 4.39 Å². The Bertz CT molecular complexity index is 638. The molecule has 1 nitrogen and oxygen atoms in total. The van der Waals surface area contributed by atoms with Gasteiger partial charge in [0.25, 0.3) is 0 Å². The molecule has 0 atom stereocenters. The Balaban J connectivity index is 1.97. The number of H-pyrrole nitrogens is 1. The van der Waals surface area contributed by atoms with Crippen molar-refractivity contribution >= 4 is 0 Å². The van der Waals surface area contributed by atoms with Gasteiger partial charge < -0.3 is 4.98 Å². The molecule has 88 valence electrons. The normalized spacial score (nSPS) is 10.5. The Morgan fingerprint density at radius 3 is 2.17 bits per heavy atom. The molecular formula is C16H12FN. The summed E-state index contributed by atoms with van der Waals surface area (Å²) in [6.45, 7) is 0. The van der Waals surface area contributed by atoms with Gasteiger partial charge in [0, 0.05) is 11.9 Å². The van der Waals surface area contributed by atoms with Crippen LogP contribution in [0.3, 0.4) is 0 Å². The smallest absolute Gasteiger partial charge is 0.123 e. The molecule has 0 bridgehead atoms. The maximum atomic E-state index is 12.9. The van der Waals surface area contributed by atoms with Crippen LogP contribution in [-0.4, -0.2) is 4.98 Å². The zero-order chi connectivity index (χ0) is 12.4. The lowest BCUT2D eigenvalue weighted by atomic mass is 10.1. The van der Waals surface area contributed by atoms with E-state index in [0.717, 1.165) is 16.8 Å². The fourth-order valence-electron chi connectivity index (χ4n) is 1.99. The summed E-state index contributed by atoms with van der Waals surface area (Å²) >= 11 is 0. The van der Waals surface area contributed by atoms with E-state index in [-0.39, 0.29) is 5.82 Å². The molecule has 0 fully saturated rings.